The summed E-state index contributed by atoms with van der Waals surface area (Å²) in [5.74, 6) is 2.42. The number of hydrogen-bond donors (Lipinski definition) is 1. The lowest BCUT2D eigenvalue weighted by molar-refractivity contribution is 0.0734. The van der Waals surface area contributed by atoms with Crippen LogP contribution in [0.15, 0.2) is 48.7 Å². The van der Waals surface area contributed by atoms with Gasteiger partial charge >= 0.3 is 0 Å². The molecule has 40 heavy (non-hydrogen) atoms. The Balaban J connectivity index is 1.35. The molecule has 206 valence electrons. The molecule has 1 aliphatic carbocycles. The number of nitrogens with one attached hydrogen (secondary N) is 1. The van der Waals surface area contributed by atoms with Crippen molar-refractivity contribution in [3.8, 4) is 16.9 Å². The lowest BCUT2D eigenvalue weighted by Crippen LogP contribution is -2.51. The molecule has 3 aliphatic rings. The Morgan fingerprint density at radius 3 is 2.67 bits per heavy atom. The molecule has 0 saturated heterocycles. The number of carbonyl (C=O) groups is 1. The second-order valence-electron chi connectivity index (χ2n) is 11.6. The number of carbonyl (C=O) groups excluding carboxylic acids is 1. The average Bonchev–Trinajstić information content (AvgIpc) is 3.44. The van der Waals surface area contributed by atoms with Gasteiger partial charge in [-0.2, -0.15) is 0 Å². The number of aryl methyl sites for hydroxylation is 1. The first kappa shape index (κ1) is 26.4. The molecule has 1 fully saturated rings. The van der Waals surface area contributed by atoms with E-state index in [9.17, 15) is 4.79 Å². The maximum Gasteiger partial charge on any atom is 0.254 e. The molecule has 4 aromatic rings. The van der Waals surface area contributed by atoms with Gasteiger partial charge in [0.15, 0.2) is 3.85 Å². The summed E-state index contributed by atoms with van der Waals surface area (Å²) in [5.41, 5.74) is 8.24. The molecular formula is C31H33IN5O2P. The molecule has 3 unspecified atom stereocenters. The maximum absolute atomic E-state index is 13.5. The van der Waals surface area contributed by atoms with Gasteiger partial charge in [0.1, 0.15) is 11.6 Å². The third kappa shape index (κ3) is 3.86. The number of hydrogen-bond acceptors (Lipinski definition) is 5. The van der Waals surface area contributed by atoms with Crippen LogP contribution in [0.25, 0.3) is 22.2 Å². The van der Waals surface area contributed by atoms with E-state index in [1.165, 1.54) is 5.56 Å². The second-order valence-corrected chi connectivity index (χ2v) is 14.8. The van der Waals surface area contributed by atoms with Gasteiger partial charge in [-0.3, -0.25) is 9.78 Å². The highest BCUT2D eigenvalue weighted by molar-refractivity contribution is 14.1. The van der Waals surface area contributed by atoms with Gasteiger partial charge in [-0.25, -0.2) is 4.98 Å². The fourth-order valence-corrected chi connectivity index (χ4v) is 7.78. The highest BCUT2D eigenvalue weighted by atomic mass is 127. The summed E-state index contributed by atoms with van der Waals surface area (Å²) < 4.78 is 8.44. The van der Waals surface area contributed by atoms with Crippen molar-refractivity contribution >= 4 is 48.8 Å². The van der Waals surface area contributed by atoms with Crippen LogP contribution in [0.5, 0.6) is 5.75 Å². The number of amides is 1. The summed E-state index contributed by atoms with van der Waals surface area (Å²) >= 11 is 2.23. The van der Waals surface area contributed by atoms with Gasteiger partial charge in [-0.1, -0.05) is 28.3 Å². The van der Waals surface area contributed by atoms with Crippen molar-refractivity contribution in [3.05, 3.63) is 76.9 Å². The molecule has 7 nitrogen and oxygen atoms in total. The van der Waals surface area contributed by atoms with Crippen LogP contribution < -0.4 is 10.1 Å². The summed E-state index contributed by atoms with van der Waals surface area (Å²) in [4.78, 5) is 25.4. The van der Waals surface area contributed by atoms with Crippen molar-refractivity contribution in [2.75, 3.05) is 14.1 Å². The zero-order chi connectivity index (χ0) is 27.9. The maximum atomic E-state index is 13.5. The highest BCUT2D eigenvalue weighted by Crippen LogP contribution is 2.50. The van der Waals surface area contributed by atoms with E-state index in [1.54, 1.807) is 0 Å². The fourth-order valence-electron chi connectivity index (χ4n) is 7.36. The molecular weight excluding hydrogens is 632 g/mol. The minimum Gasteiger partial charge on any atom is -0.476 e. The molecule has 2 aromatic heterocycles. The first-order chi connectivity index (χ1) is 19.2. The Morgan fingerprint density at radius 1 is 1.18 bits per heavy atom. The van der Waals surface area contributed by atoms with Crippen molar-refractivity contribution in [2.45, 2.75) is 54.6 Å². The number of rotatable bonds is 5. The molecule has 7 rings (SSSR count). The monoisotopic (exact) mass is 665 g/mol. The molecule has 1 amide bonds. The summed E-state index contributed by atoms with van der Waals surface area (Å²) in [6.07, 6.45) is 5.03. The standard InChI is InChI=1S/C31H33IN5O2P/c1-16-13-31(14-16,33-3)27-17(2)10-19(15-34-27)18-8-9-21-22(11-18)37-23-12-24(28(37)35-21)36(4)29(38)20-6-5-7-25(26(20)23)39-30(32)40/h5-11,15-16,23-24,30,33H,12-14,40H2,1-4H3/t16?,23-,24?,30?,31?/m1/s1. The van der Waals surface area contributed by atoms with Gasteiger partial charge < -0.3 is 19.5 Å². The number of nitrogens with zero attached hydrogens (tertiary/aromatic N) is 4. The quantitative estimate of drug-likeness (QED) is 0.153. The van der Waals surface area contributed by atoms with Gasteiger partial charge in [-0.05, 0) is 96.8 Å². The zero-order valence-electron chi connectivity index (χ0n) is 23.1. The number of fused-ring (bicyclic) bond motifs is 9. The van der Waals surface area contributed by atoms with Crippen LogP contribution in [0.3, 0.4) is 0 Å². The summed E-state index contributed by atoms with van der Waals surface area (Å²) in [6.45, 7) is 4.48. The number of alkyl halides is 1. The first-order valence-corrected chi connectivity index (χ1v) is 15.8. The summed E-state index contributed by atoms with van der Waals surface area (Å²) in [6, 6.07) is 14.4. The van der Waals surface area contributed by atoms with Crippen molar-refractivity contribution in [3.63, 3.8) is 0 Å². The van der Waals surface area contributed by atoms with Gasteiger partial charge in [0.2, 0.25) is 0 Å². The Morgan fingerprint density at radius 2 is 1.98 bits per heavy atom. The lowest BCUT2D eigenvalue weighted by Gasteiger charge is -2.46. The van der Waals surface area contributed by atoms with Crippen LogP contribution >= 0.6 is 31.8 Å². The van der Waals surface area contributed by atoms with E-state index >= 15 is 0 Å². The Hall–Kier alpha value is -2.55. The smallest absolute Gasteiger partial charge is 0.254 e. The van der Waals surface area contributed by atoms with Gasteiger partial charge in [0.25, 0.3) is 5.91 Å². The van der Waals surface area contributed by atoms with Crippen LogP contribution in [0.1, 0.15) is 71.3 Å². The Labute approximate surface area is 250 Å². The number of pyridine rings is 1. The molecule has 4 heterocycles. The van der Waals surface area contributed by atoms with Crippen molar-refractivity contribution in [1.29, 1.82) is 0 Å². The predicted octanol–water partition coefficient (Wildman–Crippen LogP) is 6.34. The van der Waals surface area contributed by atoms with E-state index in [0.717, 1.165) is 64.3 Å². The lowest BCUT2D eigenvalue weighted by atomic mass is 9.66. The minimum atomic E-state index is -0.105. The number of benzene rings is 2. The summed E-state index contributed by atoms with van der Waals surface area (Å²) in [5, 5.41) is 3.55. The Bertz CT molecular complexity index is 1680. The van der Waals surface area contributed by atoms with E-state index in [1.807, 2.05) is 43.4 Å². The normalized spacial score (nSPS) is 25.8. The molecule has 2 aromatic carbocycles. The number of ether oxygens (including phenoxy) is 1. The highest BCUT2D eigenvalue weighted by Gasteiger charge is 2.46. The minimum absolute atomic E-state index is 0.0150. The number of imidazole rings is 1. The van der Waals surface area contributed by atoms with E-state index in [4.69, 9.17) is 14.7 Å². The number of halogens is 1. The second kappa shape index (κ2) is 9.50. The van der Waals surface area contributed by atoms with Crippen LogP contribution in [-0.2, 0) is 5.54 Å². The fraction of sp³-hybridized carbons (Fsp3) is 0.387. The molecule has 1 saturated carbocycles. The van der Waals surface area contributed by atoms with Crippen LogP contribution in [0.4, 0.5) is 0 Å². The van der Waals surface area contributed by atoms with Gasteiger partial charge in [0.05, 0.1) is 34.3 Å². The Kier molecular flexibility index (Phi) is 6.26. The third-order valence-electron chi connectivity index (χ3n) is 9.17. The van der Waals surface area contributed by atoms with Crippen LogP contribution in [-0.4, -0.2) is 43.3 Å². The molecule has 9 heteroatoms. The third-order valence-corrected chi connectivity index (χ3v) is 9.56. The molecule has 0 radical (unpaired) electrons. The average molecular weight is 666 g/mol. The van der Waals surface area contributed by atoms with Gasteiger partial charge in [-0.15, -0.1) is 0 Å². The van der Waals surface area contributed by atoms with Crippen molar-refractivity contribution < 1.29 is 9.53 Å². The van der Waals surface area contributed by atoms with Gasteiger partial charge in [0, 0.05) is 36.4 Å². The summed E-state index contributed by atoms with van der Waals surface area (Å²) in [7, 11) is 6.62. The largest absolute Gasteiger partial charge is 0.476 e. The molecule has 4 atom stereocenters. The van der Waals surface area contributed by atoms with Crippen molar-refractivity contribution in [1.82, 2.24) is 24.8 Å². The van der Waals surface area contributed by atoms with Crippen molar-refractivity contribution in [2.24, 2.45) is 5.92 Å². The molecule has 0 spiro atoms. The SMILES string of the molecule is CNC1(c2ncc(-c3ccc4nc5n(c4c3)[C@@H]3CC5N(C)C(=O)c4cccc(OC(P)I)c43)cc2C)CC(C)C1. The van der Waals surface area contributed by atoms with E-state index < -0.39 is 0 Å². The van der Waals surface area contributed by atoms with E-state index in [0.29, 0.717) is 11.5 Å². The van der Waals surface area contributed by atoms with E-state index in [2.05, 4.69) is 79.8 Å². The molecule has 2 bridgehead atoms. The topological polar surface area (TPSA) is 72.3 Å². The molecule has 1 N–H and O–H groups in total. The zero-order valence-corrected chi connectivity index (χ0v) is 26.4. The first-order valence-electron chi connectivity index (χ1n) is 13.9. The number of aromatic nitrogens is 3. The molecule has 2 aliphatic heterocycles. The predicted molar refractivity (Wildman–Crippen MR) is 169 cm³/mol. The van der Waals surface area contributed by atoms with Crippen LogP contribution in [0, 0.1) is 12.8 Å². The van der Waals surface area contributed by atoms with Crippen LogP contribution in [0.2, 0.25) is 0 Å². The van der Waals surface area contributed by atoms with E-state index in [-0.39, 0.29) is 27.4 Å².